The van der Waals surface area contributed by atoms with Gasteiger partial charge in [-0.15, -0.1) is 0 Å². The Hall–Kier alpha value is -0.850. The normalized spacial score (nSPS) is 24.7. The predicted octanol–water partition coefficient (Wildman–Crippen LogP) is 0.889. The Kier molecular flexibility index (Phi) is 8.12. The van der Waals surface area contributed by atoms with Gasteiger partial charge in [-0.25, -0.2) is 0 Å². The largest absolute Gasteiger partial charge is 0.381 e. The van der Waals surface area contributed by atoms with E-state index in [0.29, 0.717) is 11.8 Å². The van der Waals surface area contributed by atoms with E-state index in [1.807, 2.05) is 0 Å². The molecule has 0 aromatic rings. The molecule has 2 atom stereocenters. The van der Waals surface area contributed by atoms with Gasteiger partial charge in [-0.05, 0) is 19.3 Å². The molecule has 2 rings (SSSR count). The van der Waals surface area contributed by atoms with Gasteiger partial charge in [0, 0.05) is 58.8 Å². The summed E-state index contributed by atoms with van der Waals surface area (Å²) in [4.78, 5) is 9.59. The molecule has 6 heteroatoms. The van der Waals surface area contributed by atoms with Gasteiger partial charge < -0.3 is 19.7 Å². The fourth-order valence-corrected chi connectivity index (χ4v) is 3.20. The number of aliphatic imine (C=N–C) groups is 1. The van der Waals surface area contributed by atoms with Crippen molar-refractivity contribution in [3.63, 3.8) is 0 Å². The van der Waals surface area contributed by atoms with Crippen molar-refractivity contribution in [2.75, 3.05) is 72.7 Å². The molecule has 0 spiro atoms. The van der Waals surface area contributed by atoms with Crippen molar-refractivity contribution in [1.29, 1.82) is 0 Å². The Balaban J connectivity index is 1.78. The van der Waals surface area contributed by atoms with Crippen LogP contribution in [0.2, 0.25) is 0 Å². The Morgan fingerprint density at radius 2 is 2.09 bits per heavy atom. The maximum absolute atomic E-state index is 5.48. The minimum absolute atomic E-state index is 0.560. The lowest BCUT2D eigenvalue weighted by Crippen LogP contribution is -2.42. The number of ether oxygens (including phenoxy) is 2. The second kappa shape index (κ2) is 10.1. The molecule has 2 aliphatic heterocycles. The van der Waals surface area contributed by atoms with Crippen molar-refractivity contribution < 1.29 is 9.47 Å². The van der Waals surface area contributed by atoms with Gasteiger partial charge >= 0.3 is 0 Å². The number of hydrogen-bond donors (Lipinski definition) is 1. The van der Waals surface area contributed by atoms with Crippen LogP contribution in [0.5, 0.6) is 0 Å². The molecule has 23 heavy (non-hydrogen) atoms. The third-order valence-electron chi connectivity index (χ3n) is 4.48. The van der Waals surface area contributed by atoms with Gasteiger partial charge in [-0.1, -0.05) is 6.92 Å². The average molecular weight is 326 g/mol. The Morgan fingerprint density at radius 1 is 1.30 bits per heavy atom. The summed E-state index contributed by atoms with van der Waals surface area (Å²) in [6.07, 6.45) is 1.16. The van der Waals surface area contributed by atoms with Gasteiger partial charge in [-0.3, -0.25) is 9.89 Å². The van der Waals surface area contributed by atoms with Crippen molar-refractivity contribution in [3.05, 3.63) is 0 Å². The Labute approximate surface area is 141 Å². The molecule has 0 bridgehead atoms. The van der Waals surface area contributed by atoms with Crippen molar-refractivity contribution >= 4 is 5.96 Å². The summed E-state index contributed by atoms with van der Waals surface area (Å²) >= 11 is 0. The van der Waals surface area contributed by atoms with E-state index >= 15 is 0 Å². The number of rotatable bonds is 7. The highest BCUT2D eigenvalue weighted by atomic mass is 16.5. The molecule has 2 saturated heterocycles. The van der Waals surface area contributed by atoms with Crippen LogP contribution >= 0.6 is 0 Å². The van der Waals surface area contributed by atoms with Gasteiger partial charge in [0.05, 0.1) is 19.8 Å². The zero-order chi connectivity index (χ0) is 16.5. The molecular formula is C17H34N4O2. The summed E-state index contributed by atoms with van der Waals surface area (Å²) in [7, 11) is 2.13. The number of hydrogen-bond acceptors (Lipinski definition) is 4. The van der Waals surface area contributed by atoms with E-state index in [2.05, 4.69) is 36.0 Å². The van der Waals surface area contributed by atoms with E-state index in [1.165, 1.54) is 0 Å². The minimum Gasteiger partial charge on any atom is -0.381 e. The van der Waals surface area contributed by atoms with Crippen LogP contribution in [0.25, 0.3) is 0 Å². The van der Waals surface area contributed by atoms with Gasteiger partial charge in [0.2, 0.25) is 0 Å². The molecule has 134 valence electrons. The first kappa shape index (κ1) is 18.5. The van der Waals surface area contributed by atoms with Gasteiger partial charge in [-0.2, -0.15) is 0 Å². The summed E-state index contributed by atoms with van der Waals surface area (Å²) < 4.78 is 10.9. The topological polar surface area (TPSA) is 49.3 Å². The van der Waals surface area contributed by atoms with Crippen LogP contribution in [0.1, 0.15) is 20.3 Å². The fourth-order valence-electron chi connectivity index (χ4n) is 3.20. The van der Waals surface area contributed by atoms with E-state index in [1.54, 1.807) is 0 Å². The van der Waals surface area contributed by atoms with Crippen LogP contribution in [0.4, 0.5) is 0 Å². The van der Waals surface area contributed by atoms with Crippen LogP contribution in [-0.2, 0) is 9.47 Å². The molecule has 0 aliphatic carbocycles. The molecule has 0 aromatic heterocycles. The second-order valence-corrected chi connectivity index (χ2v) is 6.82. The average Bonchev–Trinajstić information content (AvgIpc) is 3.05. The standard InChI is InChI=1S/C17H34N4O2/c1-4-18-17(20(3)13-16-5-8-23-14-16)19-11-15(2)12-21-6-9-22-10-7-21/h15-16H,4-14H2,1-3H3,(H,18,19). The number of nitrogens with zero attached hydrogens (tertiary/aromatic N) is 3. The highest BCUT2D eigenvalue weighted by molar-refractivity contribution is 5.79. The van der Waals surface area contributed by atoms with E-state index in [9.17, 15) is 0 Å². The molecular weight excluding hydrogens is 292 g/mol. The number of guanidine groups is 1. The van der Waals surface area contributed by atoms with Crippen molar-refractivity contribution in [1.82, 2.24) is 15.1 Å². The fraction of sp³-hybridized carbons (Fsp3) is 0.941. The van der Waals surface area contributed by atoms with Gasteiger partial charge in [0.15, 0.2) is 5.96 Å². The zero-order valence-electron chi connectivity index (χ0n) is 15.1. The summed E-state index contributed by atoms with van der Waals surface area (Å²) in [6.45, 7) is 13.9. The quantitative estimate of drug-likeness (QED) is 0.556. The lowest BCUT2D eigenvalue weighted by atomic mass is 10.1. The molecule has 0 radical (unpaired) electrons. The second-order valence-electron chi connectivity index (χ2n) is 6.82. The first-order valence-electron chi connectivity index (χ1n) is 9.06. The maximum atomic E-state index is 5.48. The molecule has 2 fully saturated rings. The molecule has 0 saturated carbocycles. The highest BCUT2D eigenvalue weighted by Crippen LogP contribution is 2.13. The van der Waals surface area contributed by atoms with Crippen LogP contribution in [0, 0.1) is 11.8 Å². The lowest BCUT2D eigenvalue weighted by molar-refractivity contribution is 0.0323. The van der Waals surface area contributed by atoms with E-state index in [0.717, 1.165) is 78.1 Å². The van der Waals surface area contributed by atoms with E-state index in [-0.39, 0.29) is 0 Å². The first-order valence-corrected chi connectivity index (χ1v) is 9.06. The van der Waals surface area contributed by atoms with Crippen LogP contribution in [0.3, 0.4) is 0 Å². The summed E-state index contributed by atoms with van der Waals surface area (Å²) in [5.74, 6) is 2.22. The van der Waals surface area contributed by atoms with Crippen LogP contribution < -0.4 is 5.32 Å². The van der Waals surface area contributed by atoms with Gasteiger partial charge in [0.1, 0.15) is 0 Å². The van der Waals surface area contributed by atoms with Crippen LogP contribution in [-0.4, -0.2) is 88.5 Å². The maximum Gasteiger partial charge on any atom is 0.193 e. The highest BCUT2D eigenvalue weighted by Gasteiger charge is 2.19. The molecule has 1 N–H and O–H groups in total. The van der Waals surface area contributed by atoms with E-state index in [4.69, 9.17) is 14.5 Å². The van der Waals surface area contributed by atoms with E-state index < -0.39 is 0 Å². The third-order valence-corrected chi connectivity index (χ3v) is 4.48. The van der Waals surface area contributed by atoms with Crippen molar-refractivity contribution in [3.8, 4) is 0 Å². The lowest BCUT2D eigenvalue weighted by Gasteiger charge is -2.29. The zero-order valence-corrected chi connectivity index (χ0v) is 15.1. The molecule has 2 aliphatic rings. The molecule has 6 nitrogen and oxygen atoms in total. The molecule has 2 unspecified atom stereocenters. The third kappa shape index (κ3) is 6.65. The first-order chi connectivity index (χ1) is 11.2. The molecule has 0 aromatic carbocycles. The molecule has 0 amide bonds. The summed E-state index contributed by atoms with van der Waals surface area (Å²) in [5, 5.41) is 3.42. The van der Waals surface area contributed by atoms with Gasteiger partial charge in [0.25, 0.3) is 0 Å². The Bertz CT molecular complexity index is 353. The van der Waals surface area contributed by atoms with Crippen molar-refractivity contribution in [2.45, 2.75) is 20.3 Å². The summed E-state index contributed by atoms with van der Waals surface area (Å²) in [5.41, 5.74) is 0. The smallest absolute Gasteiger partial charge is 0.193 e. The SMILES string of the molecule is CCNC(=NCC(C)CN1CCOCC1)N(C)CC1CCOC1. The Morgan fingerprint density at radius 3 is 2.74 bits per heavy atom. The molecule has 2 heterocycles. The minimum atomic E-state index is 0.560. The monoisotopic (exact) mass is 326 g/mol. The number of nitrogens with one attached hydrogen (secondary N) is 1. The van der Waals surface area contributed by atoms with Crippen molar-refractivity contribution in [2.24, 2.45) is 16.8 Å². The number of morpholine rings is 1. The summed E-state index contributed by atoms with van der Waals surface area (Å²) in [6, 6.07) is 0. The predicted molar refractivity (Wildman–Crippen MR) is 94.0 cm³/mol. The van der Waals surface area contributed by atoms with Crippen LogP contribution in [0.15, 0.2) is 4.99 Å².